The van der Waals surface area contributed by atoms with Crippen molar-refractivity contribution in [2.75, 3.05) is 7.05 Å². The first kappa shape index (κ1) is 23.7. The van der Waals surface area contributed by atoms with Crippen LogP contribution in [0.15, 0.2) is 0 Å². The number of esters is 1. The average molecular weight is 373 g/mol. The minimum absolute atomic E-state index is 0.285. The molecule has 0 spiro atoms. The van der Waals surface area contributed by atoms with E-state index < -0.39 is 36.3 Å². The number of amides is 1. The Morgan fingerprint density at radius 2 is 1.73 bits per heavy atom. The van der Waals surface area contributed by atoms with Gasteiger partial charge in [0.2, 0.25) is 5.96 Å². The molecule has 0 bridgehead atoms. The summed E-state index contributed by atoms with van der Waals surface area (Å²) in [5.74, 6) is -2.65. The zero-order valence-electron chi connectivity index (χ0n) is 16.4. The van der Waals surface area contributed by atoms with Gasteiger partial charge in [0.05, 0.1) is 5.92 Å². The van der Waals surface area contributed by atoms with Gasteiger partial charge in [-0.25, -0.2) is 9.59 Å². The number of hydrogen-bond donors (Lipinski definition) is 3. The quantitative estimate of drug-likeness (QED) is 0.245. The topological polar surface area (TPSA) is 129 Å². The van der Waals surface area contributed by atoms with E-state index in [1.54, 1.807) is 27.7 Å². The summed E-state index contributed by atoms with van der Waals surface area (Å²) in [7, 11) is 1.41. The van der Waals surface area contributed by atoms with Gasteiger partial charge < -0.3 is 19.5 Å². The molecule has 3 N–H and O–H groups in total. The fraction of sp³-hybridized carbons (Fsp3) is 0.765. The molecule has 0 saturated carbocycles. The van der Waals surface area contributed by atoms with Crippen LogP contribution in [0.25, 0.3) is 0 Å². The molecule has 9 nitrogen and oxygen atoms in total. The monoisotopic (exact) mass is 373 g/mol. The molecule has 0 aliphatic carbocycles. The Kier molecular flexibility index (Phi) is 10.3. The highest BCUT2D eigenvalue weighted by atomic mass is 16.7. The molecule has 150 valence electrons. The van der Waals surface area contributed by atoms with Crippen LogP contribution in [0.2, 0.25) is 0 Å². The molecule has 26 heavy (non-hydrogen) atoms. The van der Waals surface area contributed by atoms with Crippen LogP contribution in [0.4, 0.5) is 4.79 Å². The van der Waals surface area contributed by atoms with Gasteiger partial charge in [-0.3, -0.25) is 15.5 Å². The Morgan fingerprint density at radius 1 is 1.15 bits per heavy atom. The third-order valence-corrected chi connectivity index (χ3v) is 3.63. The van der Waals surface area contributed by atoms with Gasteiger partial charge in [0, 0.05) is 13.0 Å². The summed E-state index contributed by atoms with van der Waals surface area (Å²) in [4.78, 5) is 36.2. The van der Waals surface area contributed by atoms with Crippen molar-refractivity contribution in [1.82, 2.24) is 10.2 Å². The van der Waals surface area contributed by atoms with E-state index >= 15 is 0 Å². The Balaban J connectivity index is 4.82. The first-order valence-electron chi connectivity index (χ1n) is 8.73. The van der Waals surface area contributed by atoms with Crippen LogP contribution in [-0.2, 0) is 19.1 Å². The molecule has 0 fully saturated rings. The second-order valence-electron chi connectivity index (χ2n) is 6.69. The Bertz CT molecular complexity index is 507. The SMILES string of the molecule is CCCCC(C(=O)O)N(C)C(=N)NC(=O)OC(OC(=O)C(C)C)C(C)C. The zero-order chi connectivity index (χ0) is 20.4. The maximum absolute atomic E-state index is 12.0. The highest BCUT2D eigenvalue weighted by molar-refractivity contribution is 5.94. The van der Waals surface area contributed by atoms with Crippen molar-refractivity contribution in [1.29, 1.82) is 5.41 Å². The number of hydrogen-bond acceptors (Lipinski definition) is 6. The molecule has 0 radical (unpaired) electrons. The van der Waals surface area contributed by atoms with Crippen LogP contribution in [0.3, 0.4) is 0 Å². The molecule has 1 amide bonds. The number of nitrogens with one attached hydrogen (secondary N) is 2. The van der Waals surface area contributed by atoms with Gasteiger partial charge in [-0.1, -0.05) is 47.5 Å². The molecule has 0 aliphatic rings. The lowest BCUT2D eigenvalue weighted by atomic mass is 10.1. The van der Waals surface area contributed by atoms with Crippen molar-refractivity contribution in [3.63, 3.8) is 0 Å². The number of rotatable bonds is 9. The van der Waals surface area contributed by atoms with E-state index in [2.05, 4.69) is 5.32 Å². The molecule has 0 aromatic carbocycles. The van der Waals surface area contributed by atoms with Gasteiger partial charge in [-0.15, -0.1) is 0 Å². The maximum Gasteiger partial charge on any atom is 0.417 e. The van der Waals surface area contributed by atoms with Gasteiger partial charge >= 0.3 is 18.0 Å². The Morgan fingerprint density at radius 3 is 2.15 bits per heavy atom. The van der Waals surface area contributed by atoms with Crippen molar-refractivity contribution in [2.45, 2.75) is 66.2 Å². The van der Waals surface area contributed by atoms with Crippen molar-refractivity contribution in [3.8, 4) is 0 Å². The van der Waals surface area contributed by atoms with Crippen LogP contribution in [0.1, 0.15) is 53.9 Å². The summed E-state index contributed by atoms with van der Waals surface area (Å²) in [6, 6.07) is -0.928. The largest absolute Gasteiger partial charge is 0.480 e. The number of unbranched alkanes of at least 4 members (excludes halogenated alkanes) is 1. The zero-order valence-corrected chi connectivity index (χ0v) is 16.4. The predicted molar refractivity (Wildman–Crippen MR) is 95.6 cm³/mol. The minimum atomic E-state index is -1.10. The second kappa shape index (κ2) is 11.3. The third-order valence-electron chi connectivity index (χ3n) is 3.63. The van der Waals surface area contributed by atoms with Gasteiger partial charge in [0.1, 0.15) is 6.04 Å². The lowest BCUT2D eigenvalue weighted by molar-refractivity contribution is -0.178. The van der Waals surface area contributed by atoms with Crippen LogP contribution in [0.5, 0.6) is 0 Å². The molecule has 2 unspecified atom stereocenters. The summed E-state index contributed by atoms with van der Waals surface area (Å²) in [5, 5.41) is 19.3. The van der Waals surface area contributed by atoms with E-state index in [-0.39, 0.29) is 11.8 Å². The highest BCUT2D eigenvalue weighted by Gasteiger charge is 2.28. The van der Waals surface area contributed by atoms with E-state index in [4.69, 9.17) is 14.9 Å². The van der Waals surface area contributed by atoms with E-state index in [1.165, 1.54) is 7.05 Å². The Hall–Kier alpha value is -2.32. The molecule has 0 aliphatic heterocycles. The van der Waals surface area contributed by atoms with E-state index in [9.17, 15) is 19.5 Å². The molecule has 0 heterocycles. The number of likely N-dealkylation sites (N-methyl/N-ethyl adjacent to an activating group) is 1. The number of carbonyl (C=O) groups is 3. The molecular formula is C17H31N3O6. The lowest BCUT2D eigenvalue weighted by Gasteiger charge is -2.27. The number of nitrogens with zero attached hydrogens (tertiary/aromatic N) is 1. The van der Waals surface area contributed by atoms with E-state index in [0.29, 0.717) is 12.8 Å². The summed E-state index contributed by atoms with van der Waals surface area (Å²) < 4.78 is 10.2. The van der Waals surface area contributed by atoms with E-state index in [0.717, 1.165) is 11.3 Å². The number of carbonyl (C=O) groups excluding carboxylic acids is 2. The lowest BCUT2D eigenvalue weighted by Crippen LogP contribution is -2.50. The van der Waals surface area contributed by atoms with Crippen LogP contribution >= 0.6 is 0 Å². The fourth-order valence-corrected chi connectivity index (χ4v) is 1.90. The highest BCUT2D eigenvalue weighted by Crippen LogP contribution is 2.12. The minimum Gasteiger partial charge on any atom is -0.480 e. The standard InChI is InChI=1S/C17H31N3O6/c1-7-8-9-12(13(21)22)20(6)16(18)19-17(24)26-15(11(4)5)25-14(23)10(2)3/h10-12,15H,7-9H2,1-6H3,(H,21,22)(H2,18,19,24). The van der Waals surface area contributed by atoms with Crippen LogP contribution < -0.4 is 5.32 Å². The maximum atomic E-state index is 12.0. The number of alkyl carbamates (subject to hydrolysis) is 1. The molecule has 0 saturated heterocycles. The third kappa shape index (κ3) is 8.17. The summed E-state index contributed by atoms with van der Waals surface area (Å²) in [6.45, 7) is 8.69. The smallest absolute Gasteiger partial charge is 0.417 e. The van der Waals surface area contributed by atoms with E-state index in [1.807, 2.05) is 6.92 Å². The van der Waals surface area contributed by atoms with Crippen molar-refractivity contribution in [2.24, 2.45) is 11.8 Å². The van der Waals surface area contributed by atoms with Crippen LogP contribution in [0, 0.1) is 17.2 Å². The van der Waals surface area contributed by atoms with Gasteiger partial charge in [-0.05, 0) is 6.42 Å². The Labute approximate surface area is 154 Å². The summed E-state index contributed by atoms with van der Waals surface area (Å²) in [5.41, 5.74) is 0. The molecule has 0 aromatic rings. The summed E-state index contributed by atoms with van der Waals surface area (Å²) >= 11 is 0. The normalized spacial score (nSPS) is 13.1. The summed E-state index contributed by atoms with van der Waals surface area (Å²) in [6.07, 6.45) is -0.241. The van der Waals surface area contributed by atoms with Crippen LogP contribution in [-0.4, -0.2) is 53.4 Å². The molecular weight excluding hydrogens is 342 g/mol. The number of guanidine groups is 1. The van der Waals surface area contributed by atoms with Crippen molar-refractivity contribution >= 4 is 24.0 Å². The van der Waals surface area contributed by atoms with Gasteiger partial charge in [-0.2, -0.15) is 0 Å². The molecule has 2 atom stereocenters. The van der Waals surface area contributed by atoms with Crippen molar-refractivity contribution in [3.05, 3.63) is 0 Å². The first-order valence-corrected chi connectivity index (χ1v) is 8.73. The van der Waals surface area contributed by atoms with Gasteiger partial charge in [0.15, 0.2) is 0 Å². The number of carboxylic acids is 1. The first-order chi connectivity index (χ1) is 12.0. The molecule has 0 rings (SSSR count). The average Bonchev–Trinajstić information content (AvgIpc) is 2.53. The fourth-order valence-electron chi connectivity index (χ4n) is 1.90. The number of aliphatic carboxylic acids is 1. The molecule has 0 aromatic heterocycles. The van der Waals surface area contributed by atoms with Crippen molar-refractivity contribution < 1.29 is 29.0 Å². The second-order valence-corrected chi connectivity index (χ2v) is 6.69. The predicted octanol–water partition coefficient (Wildman–Crippen LogP) is 2.40. The number of ether oxygens (including phenoxy) is 2. The number of carboxylic acid groups (broad SMARTS) is 1. The van der Waals surface area contributed by atoms with Gasteiger partial charge in [0.25, 0.3) is 6.29 Å². The molecule has 9 heteroatoms.